The predicted molar refractivity (Wildman–Crippen MR) is 55.8 cm³/mol. The Labute approximate surface area is 88.6 Å². The van der Waals surface area contributed by atoms with Gasteiger partial charge in [-0.15, -0.1) is 0 Å². The minimum absolute atomic E-state index is 0.264. The monoisotopic (exact) mass is 213 g/mol. The second-order valence-corrected chi connectivity index (χ2v) is 3.89. The average molecular weight is 213 g/mol. The standard InChI is InChI=1S/C11H16FNO2/c1-11(15,8-14)7-13-6-9-3-2-4-10(12)5-9/h2-5,13-15H,6-8H2,1H3. The Morgan fingerprint density at radius 3 is 2.80 bits per heavy atom. The van der Waals surface area contributed by atoms with Crippen LogP contribution in [0.5, 0.6) is 0 Å². The van der Waals surface area contributed by atoms with Gasteiger partial charge in [0.15, 0.2) is 0 Å². The van der Waals surface area contributed by atoms with E-state index >= 15 is 0 Å². The van der Waals surface area contributed by atoms with Crippen molar-refractivity contribution in [2.45, 2.75) is 19.1 Å². The van der Waals surface area contributed by atoms with Gasteiger partial charge in [-0.05, 0) is 24.6 Å². The van der Waals surface area contributed by atoms with Gasteiger partial charge in [0, 0.05) is 13.1 Å². The van der Waals surface area contributed by atoms with Gasteiger partial charge in [0.05, 0.1) is 12.2 Å². The normalized spacial score (nSPS) is 14.9. The summed E-state index contributed by atoms with van der Waals surface area (Å²) in [5.41, 5.74) is -0.323. The zero-order valence-corrected chi connectivity index (χ0v) is 8.70. The minimum atomic E-state index is -1.13. The zero-order valence-electron chi connectivity index (χ0n) is 8.70. The molecule has 0 spiro atoms. The third-order valence-electron chi connectivity index (χ3n) is 2.06. The summed E-state index contributed by atoms with van der Waals surface area (Å²) in [6.07, 6.45) is 0. The van der Waals surface area contributed by atoms with Crippen molar-refractivity contribution >= 4 is 0 Å². The van der Waals surface area contributed by atoms with E-state index in [9.17, 15) is 9.50 Å². The van der Waals surface area contributed by atoms with Crippen LogP contribution in [-0.2, 0) is 6.54 Å². The summed E-state index contributed by atoms with van der Waals surface area (Å²) in [6, 6.07) is 6.24. The molecule has 1 aromatic carbocycles. The first-order chi connectivity index (χ1) is 7.03. The number of halogens is 1. The van der Waals surface area contributed by atoms with E-state index in [1.165, 1.54) is 19.1 Å². The summed E-state index contributed by atoms with van der Waals surface area (Å²) >= 11 is 0. The van der Waals surface area contributed by atoms with Crippen LogP contribution < -0.4 is 5.32 Å². The summed E-state index contributed by atoms with van der Waals surface area (Å²) in [7, 11) is 0. The van der Waals surface area contributed by atoms with Crippen LogP contribution in [0, 0.1) is 5.82 Å². The number of hydrogen-bond donors (Lipinski definition) is 3. The van der Waals surface area contributed by atoms with E-state index < -0.39 is 5.60 Å². The molecule has 1 unspecified atom stereocenters. The first-order valence-electron chi connectivity index (χ1n) is 4.82. The van der Waals surface area contributed by atoms with Gasteiger partial charge in [0.1, 0.15) is 5.82 Å². The number of hydrogen-bond acceptors (Lipinski definition) is 3. The van der Waals surface area contributed by atoms with Crippen LogP contribution in [0.15, 0.2) is 24.3 Å². The maximum atomic E-state index is 12.8. The van der Waals surface area contributed by atoms with Crippen molar-refractivity contribution in [1.29, 1.82) is 0 Å². The predicted octanol–water partition coefficient (Wildman–Crippen LogP) is 0.659. The highest BCUT2D eigenvalue weighted by Crippen LogP contribution is 2.04. The molecular formula is C11H16FNO2. The Balaban J connectivity index is 2.38. The Morgan fingerprint density at radius 1 is 1.47 bits per heavy atom. The molecular weight excluding hydrogens is 197 g/mol. The van der Waals surface area contributed by atoms with Crippen molar-refractivity contribution in [2.75, 3.05) is 13.2 Å². The van der Waals surface area contributed by atoms with E-state index in [1.54, 1.807) is 12.1 Å². The number of aliphatic hydroxyl groups excluding tert-OH is 1. The molecule has 4 heteroatoms. The van der Waals surface area contributed by atoms with Crippen LogP contribution in [0.1, 0.15) is 12.5 Å². The van der Waals surface area contributed by atoms with Gasteiger partial charge in [0.25, 0.3) is 0 Å². The smallest absolute Gasteiger partial charge is 0.123 e. The largest absolute Gasteiger partial charge is 0.393 e. The number of aliphatic hydroxyl groups is 2. The lowest BCUT2D eigenvalue weighted by Crippen LogP contribution is -2.40. The molecule has 0 radical (unpaired) electrons. The van der Waals surface area contributed by atoms with Crippen LogP contribution in [0.25, 0.3) is 0 Å². The molecule has 0 saturated heterocycles. The molecule has 0 aliphatic heterocycles. The molecule has 0 amide bonds. The maximum absolute atomic E-state index is 12.8. The molecule has 3 N–H and O–H groups in total. The molecule has 1 aromatic rings. The molecule has 1 atom stereocenters. The van der Waals surface area contributed by atoms with Crippen LogP contribution in [0.4, 0.5) is 4.39 Å². The van der Waals surface area contributed by atoms with E-state index in [1.807, 2.05) is 0 Å². The molecule has 0 heterocycles. The minimum Gasteiger partial charge on any atom is -0.393 e. The Hall–Kier alpha value is -0.970. The highest BCUT2D eigenvalue weighted by molar-refractivity contribution is 5.15. The highest BCUT2D eigenvalue weighted by Gasteiger charge is 2.17. The Morgan fingerprint density at radius 2 is 2.20 bits per heavy atom. The quantitative estimate of drug-likeness (QED) is 0.673. The molecule has 0 aliphatic rings. The van der Waals surface area contributed by atoms with E-state index in [0.29, 0.717) is 6.54 Å². The zero-order chi connectivity index (χ0) is 11.3. The van der Waals surface area contributed by atoms with Crippen molar-refractivity contribution in [1.82, 2.24) is 5.32 Å². The number of nitrogens with one attached hydrogen (secondary N) is 1. The topological polar surface area (TPSA) is 52.5 Å². The summed E-state index contributed by atoms with van der Waals surface area (Å²) in [5.74, 6) is -0.275. The van der Waals surface area contributed by atoms with Crippen molar-refractivity contribution in [3.8, 4) is 0 Å². The fourth-order valence-electron chi connectivity index (χ4n) is 1.18. The lowest BCUT2D eigenvalue weighted by molar-refractivity contribution is 0.00253. The van der Waals surface area contributed by atoms with Gasteiger partial charge in [-0.25, -0.2) is 4.39 Å². The first-order valence-corrected chi connectivity index (χ1v) is 4.82. The average Bonchev–Trinajstić information content (AvgIpc) is 2.18. The summed E-state index contributed by atoms with van der Waals surface area (Å²) < 4.78 is 12.8. The van der Waals surface area contributed by atoms with Crippen LogP contribution in [0.3, 0.4) is 0 Å². The van der Waals surface area contributed by atoms with E-state index in [4.69, 9.17) is 5.11 Å². The fraction of sp³-hybridized carbons (Fsp3) is 0.455. The second kappa shape index (κ2) is 5.21. The third-order valence-corrected chi connectivity index (χ3v) is 2.06. The molecule has 0 fully saturated rings. The molecule has 1 rings (SSSR count). The maximum Gasteiger partial charge on any atom is 0.123 e. The molecule has 0 saturated carbocycles. The van der Waals surface area contributed by atoms with E-state index in [-0.39, 0.29) is 19.0 Å². The highest BCUT2D eigenvalue weighted by atomic mass is 19.1. The van der Waals surface area contributed by atoms with Crippen LogP contribution in [0.2, 0.25) is 0 Å². The Bertz CT molecular complexity index is 315. The molecule has 0 aromatic heterocycles. The Kier molecular flexibility index (Phi) is 4.20. The molecule has 0 bridgehead atoms. The van der Waals surface area contributed by atoms with Crippen molar-refractivity contribution in [3.05, 3.63) is 35.6 Å². The SMILES string of the molecule is CC(O)(CO)CNCc1cccc(F)c1. The molecule has 15 heavy (non-hydrogen) atoms. The van der Waals surface area contributed by atoms with Gasteiger partial charge < -0.3 is 15.5 Å². The van der Waals surface area contributed by atoms with Crippen molar-refractivity contribution in [2.24, 2.45) is 0 Å². The van der Waals surface area contributed by atoms with Crippen LogP contribution >= 0.6 is 0 Å². The fourth-order valence-corrected chi connectivity index (χ4v) is 1.18. The summed E-state index contributed by atoms with van der Waals surface area (Å²) in [6.45, 7) is 1.96. The second-order valence-electron chi connectivity index (χ2n) is 3.89. The molecule has 0 aliphatic carbocycles. The number of rotatable bonds is 5. The summed E-state index contributed by atoms with van der Waals surface area (Å²) in [4.78, 5) is 0. The first kappa shape index (κ1) is 12.1. The van der Waals surface area contributed by atoms with Crippen molar-refractivity contribution in [3.63, 3.8) is 0 Å². The van der Waals surface area contributed by atoms with Gasteiger partial charge in [-0.2, -0.15) is 0 Å². The molecule has 84 valence electrons. The van der Waals surface area contributed by atoms with Gasteiger partial charge in [-0.1, -0.05) is 12.1 Å². The number of benzene rings is 1. The van der Waals surface area contributed by atoms with Gasteiger partial charge in [0.2, 0.25) is 0 Å². The lowest BCUT2D eigenvalue weighted by Gasteiger charge is -2.20. The van der Waals surface area contributed by atoms with E-state index in [0.717, 1.165) is 5.56 Å². The van der Waals surface area contributed by atoms with Crippen molar-refractivity contribution < 1.29 is 14.6 Å². The third kappa shape index (κ3) is 4.38. The lowest BCUT2D eigenvalue weighted by atomic mass is 10.1. The van der Waals surface area contributed by atoms with E-state index in [2.05, 4.69) is 5.32 Å². The molecule has 3 nitrogen and oxygen atoms in total. The summed E-state index contributed by atoms with van der Waals surface area (Å²) in [5, 5.41) is 21.2. The van der Waals surface area contributed by atoms with Crippen LogP contribution in [-0.4, -0.2) is 29.0 Å². The van der Waals surface area contributed by atoms with Gasteiger partial charge in [-0.3, -0.25) is 0 Å². The van der Waals surface area contributed by atoms with Gasteiger partial charge >= 0.3 is 0 Å².